The largest absolute Gasteiger partial charge is 0.292 e. The van der Waals surface area contributed by atoms with Gasteiger partial charge < -0.3 is 0 Å². The van der Waals surface area contributed by atoms with Crippen LogP contribution in [0.2, 0.25) is 0 Å². The number of hydrogen-bond acceptors (Lipinski definition) is 4. The SMILES string of the molecule is O=C1N/C(=N/N=C2c3ccccc3-c3ccccc32)NNC12c1ccccc1-c1ccccc12. The Bertz CT molecular complexity index is 1480. The minimum Gasteiger partial charge on any atom is -0.292 e. The summed E-state index contributed by atoms with van der Waals surface area (Å²) in [5.41, 5.74) is 14.3. The number of carbonyl (C=O) groups is 1. The quantitative estimate of drug-likeness (QED) is 0.345. The maximum Gasteiger partial charge on any atom is 0.258 e. The van der Waals surface area contributed by atoms with Crippen LogP contribution in [0.1, 0.15) is 22.3 Å². The molecule has 162 valence electrons. The van der Waals surface area contributed by atoms with Crippen molar-refractivity contribution in [1.29, 1.82) is 0 Å². The summed E-state index contributed by atoms with van der Waals surface area (Å²) in [6.45, 7) is 0. The summed E-state index contributed by atoms with van der Waals surface area (Å²) in [5.74, 6) is 0.0571. The Morgan fingerprint density at radius 3 is 1.56 bits per heavy atom. The maximum absolute atomic E-state index is 13.6. The number of benzene rings is 4. The first-order valence-corrected chi connectivity index (χ1v) is 11.2. The summed E-state index contributed by atoms with van der Waals surface area (Å²) in [6.07, 6.45) is 0. The molecule has 2 aliphatic carbocycles. The molecule has 0 atom stereocenters. The van der Waals surface area contributed by atoms with Gasteiger partial charge in [0.1, 0.15) is 5.71 Å². The molecule has 0 radical (unpaired) electrons. The van der Waals surface area contributed by atoms with E-state index in [1.807, 2.05) is 84.9 Å². The first kappa shape index (κ1) is 19.0. The van der Waals surface area contributed by atoms with Gasteiger partial charge in [0.15, 0.2) is 5.54 Å². The zero-order valence-electron chi connectivity index (χ0n) is 18.0. The molecule has 0 unspecified atom stereocenters. The highest BCUT2D eigenvalue weighted by atomic mass is 16.2. The molecule has 6 heteroatoms. The molecule has 1 aliphatic heterocycles. The Morgan fingerprint density at radius 1 is 0.559 bits per heavy atom. The van der Waals surface area contributed by atoms with Gasteiger partial charge in [0, 0.05) is 11.1 Å². The second-order valence-electron chi connectivity index (χ2n) is 8.53. The topological polar surface area (TPSA) is 77.9 Å². The van der Waals surface area contributed by atoms with E-state index in [2.05, 4.69) is 38.5 Å². The molecule has 6 nitrogen and oxygen atoms in total. The number of nitrogens with zero attached hydrogens (tertiary/aromatic N) is 2. The molecule has 7 rings (SSSR count). The molecule has 3 aliphatic rings. The number of hydrogen-bond donors (Lipinski definition) is 3. The summed E-state index contributed by atoms with van der Waals surface area (Å²) in [4.78, 5) is 13.6. The molecule has 1 spiro atoms. The van der Waals surface area contributed by atoms with E-state index < -0.39 is 5.54 Å². The van der Waals surface area contributed by atoms with Gasteiger partial charge in [-0.3, -0.25) is 15.5 Å². The first-order chi connectivity index (χ1) is 16.8. The van der Waals surface area contributed by atoms with Crippen LogP contribution in [0.5, 0.6) is 0 Å². The van der Waals surface area contributed by atoms with Gasteiger partial charge in [0.25, 0.3) is 5.91 Å². The predicted octanol–water partition coefficient (Wildman–Crippen LogP) is 3.92. The normalized spacial score (nSPS) is 17.5. The lowest BCUT2D eigenvalue weighted by molar-refractivity contribution is -0.126. The second kappa shape index (κ2) is 6.97. The number of hydrazine groups is 1. The molecule has 0 saturated carbocycles. The van der Waals surface area contributed by atoms with Crippen LogP contribution in [0.15, 0.2) is 107 Å². The third kappa shape index (κ3) is 2.45. The average Bonchev–Trinajstić information content (AvgIpc) is 3.36. The Hall–Kier alpha value is -4.55. The summed E-state index contributed by atoms with van der Waals surface area (Å²) in [7, 11) is 0. The number of amides is 1. The second-order valence-corrected chi connectivity index (χ2v) is 8.53. The summed E-state index contributed by atoms with van der Waals surface area (Å²) < 4.78 is 0. The van der Waals surface area contributed by atoms with Crippen molar-refractivity contribution < 1.29 is 4.79 Å². The Balaban J connectivity index is 1.27. The van der Waals surface area contributed by atoms with Gasteiger partial charge >= 0.3 is 0 Å². The van der Waals surface area contributed by atoms with Crippen molar-refractivity contribution in [3.05, 3.63) is 119 Å². The Morgan fingerprint density at radius 2 is 1.03 bits per heavy atom. The summed E-state index contributed by atoms with van der Waals surface area (Å²) >= 11 is 0. The molecule has 4 aromatic carbocycles. The van der Waals surface area contributed by atoms with Crippen LogP contribution in [-0.4, -0.2) is 17.6 Å². The molecule has 1 fully saturated rings. The molecular formula is C28H19N5O. The van der Waals surface area contributed by atoms with Crippen molar-refractivity contribution >= 4 is 17.6 Å². The number of guanidine groups is 1. The van der Waals surface area contributed by atoms with E-state index in [1.165, 1.54) is 0 Å². The van der Waals surface area contributed by atoms with Crippen LogP contribution in [-0.2, 0) is 10.3 Å². The standard InChI is InChI=1S/C28H19N5O/c34-26-28(23-15-7-5-11-19(23)20-12-6-8-16-24(20)28)33-32-27(29-26)31-30-25-21-13-3-1-9-17(21)18-10-2-4-14-22(18)25/h1-16,33H,(H2,29,31,32,34). The number of carbonyl (C=O) groups excluding carboxylic acids is 1. The lowest BCUT2D eigenvalue weighted by atomic mass is 9.86. The molecule has 0 bridgehead atoms. The third-order valence-electron chi connectivity index (χ3n) is 6.80. The highest BCUT2D eigenvalue weighted by molar-refractivity contribution is 6.24. The zero-order valence-corrected chi connectivity index (χ0v) is 18.0. The first-order valence-electron chi connectivity index (χ1n) is 11.2. The van der Waals surface area contributed by atoms with Crippen LogP contribution < -0.4 is 16.2 Å². The van der Waals surface area contributed by atoms with Crippen LogP contribution in [0, 0.1) is 0 Å². The fourth-order valence-electron chi connectivity index (χ4n) is 5.31. The fraction of sp³-hybridized carbons (Fsp3) is 0.0357. The molecule has 1 saturated heterocycles. The molecule has 34 heavy (non-hydrogen) atoms. The smallest absolute Gasteiger partial charge is 0.258 e. The maximum atomic E-state index is 13.6. The van der Waals surface area contributed by atoms with E-state index in [0.29, 0.717) is 0 Å². The summed E-state index contributed by atoms with van der Waals surface area (Å²) in [6, 6.07) is 32.2. The van der Waals surface area contributed by atoms with Crippen LogP contribution in [0.3, 0.4) is 0 Å². The van der Waals surface area contributed by atoms with Crippen molar-refractivity contribution in [1.82, 2.24) is 16.2 Å². The van der Waals surface area contributed by atoms with Gasteiger partial charge in [-0.05, 0) is 33.4 Å². The van der Waals surface area contributed by atoms with Gasteiger partial charge in [0.05, 0.1) is 0 Å². The molecule has 3 N–H and O–H groups in total. The molecular weight excluding hydrogens is 422 g/mol. The highest BCUT2D eigenvalue weighted by Gasteiger charge is 2.51. The van der Waals surface area contributed by atoms with E-state index in [-0.39, 0.29) is 11.9 Å². The van der Waals surface area contributed by atoms with Crippen LogP contribution >= 0.6 is 0 Å². The van der Waals surface area contributed by atoms with Crippen LogP contribution in [0.4, 0.5) is 0 Å². The monoisotopic (exact) mass is 441 g/mol. The van der Waals surface area contributed by atoms with Gasteiger partial charge in [-0.1, -0.05) is 97.1 Å². The minimum absolute atomic E-state index is 0.199. The molecule has 4 aromatic rings. The fourth-order valence-corrected chi connectivity index (χ4v) is 5.31. The van der Waals surface area contributed by atoms with Crippen molar-refractivity contribution in [2.75, 3.05) is 0 Å². The Labute approximate surface area is 196 Å². The third-order valence-corrected chi connectivity index (χ3v) is 6.80. The van der Waals surface area contributed by atoms with Crippen LogP contribution in [0.25, 0.3) is 22.3 Å². The van der Waals surface area contributed by atoms with Crippen molar-refractivity contribution in [2.45, 2.75) is 5.54 Å². The van der Waals surface area contributed by atoms with E-state index in [1.54, 1.807) is 0 Å². The molecule has 0 aromatic heterocycles. The minimum atomic E-state index is -1.04. The summed E-state index contributed by atoms with van der Waals surface area (Å²) in [5, 5.41) is 11.9. The zero-order chi connectivity index (χ0) is 22.7. The van der Waals surface area contributed by atoms with E-state index in [4.69, 9.17) is 0 Å². The molecule has 1 heterocycles. The number of nitrogens with one attached hydrogen (secondary N) is 3. The van der Waals surface area contributed by atoms with E-state index in [0.717, 1.165) is 50.2 Å². The average molecular weight is 441 g/mol. The lowest BCUT2D eigenvalue weighted by Gasteiger charge is -2.36. The van der Waals surface area contributed by atoms with Crippen molar-refractivity contribution in [3.63, 3.8) is 0 Å². The molecule has 1 amide bonds. The number of fused-ring (bicyclic) bond motifs is 8. The van der Waals surface area contributed by atoms with Crippen molar-refractivity contribution in [3.8, 4) is 22.3 Å². The van der Waals surface area contributed by atoms with Gasteiger partial charge in [-0.15, -0.1) is 10.2 Å². The van der Waals surface area contributed by atoms with E-state index in [9.17, 15) is 4.79 Å². The lowest BCUT2D eigenvalue weighted by Crippen LogP contribution is -2.68. The highest BCUT2D eigenvalue weighted by Crippen LogP contribution is 2.47. The Kier molecular flexibility index (Phi) is 3.89. The van der Waals surface area contributed by atoms with Crippen molar-refractivity contribution in [2.24, 2.45) is 10.2 Å². The van der Waals surface area contributed by atoms with Gasteiger partial charge in [-0.25, -0.2) is 5.43 Å². The van der Waals surface area contributed by atoms with Gasteiger partial charge in [0.2, 0.25) is 5.96 Å². The van der Waals surface area contributed by atoms with E-state index >= 15 is 0 Å². The number of rotatable bonds is 1. The predicted molar refractivity (Wildman–Crippen MR) is 132 cm³/mol. The van der Waals surface area contributed by atoms with Gasteiger partial charge in [-0.2, -0.15) is 0 Å².